The number of H-pyrrole nitrogens is 1. The van der Waals surface area contributed by atoms with Crippen LogP contribution in [0, 0.1) is 6.92 Å². The van der Waals surface area contributed by atoms with E-state index in [1.54, 1.807) is 18.7 Å². The van der Waals surface area contributed by atoms with Crippen molar-refractivity contribution < 1.29 is 0 Å². The zero-order valence-electron chi connectivity index (χ0n) is 12.4. The zero-order chi connectivity index (χ0) is 15.8. The van der Waals surface area contributed by atoms with Gasteiger partial charge in [-0.2, -0.15) is 5.10 Å². The molecule has 0 saturated carbocycles. The number of rotatable bonds is 3. The number of imidazole rings is 1. The molecule has 0 aliphatic heterocycles. The molecule has 114 valence electrons. The summed E-state index contributed by atoms with van der Waals surface area (Å²) in [5.74, 6) is 1.53. The van der Waals surface area contributed by atoms with E-state index in [-0.39, 0.29) is 0 Å². The molecule has 0 aliphatic rings. The Morgan fingerprint density at radius 3 is 2.96 bits per heavy atom. The lowest BCUT2D eigenvalue weighted by atomic mass is 10.1. The SMILES string of the molecule is Cc1nc(Cn2cnc3ccc(-c4ccncc4Cl)cc32)n[nH]1. The Labute approximate surface area is 137 Å². The highest BCUT2D eigenvalue weighted by Crippen LogP contribution is 2.29. The van der Waals surface area contributed by atoms with Crippen molar-refractivity contribution in [2.45, 2.75) is 13.5 Å². The molecule has 0 fully saturated rings. The molecule has 4 aromatic rings. The van der Waals surface area contributed by atoms with E-state index in [9.17, 15) is 0 Å². The van der Waals surface area contributed by atoms with Gasteiger partial charge in [0.25, 0.3) is 0 Å². The smallest absolute Gasteiger partial charge is 0.170 e. The highest BCUT2D eigenvalue weighted by atomic mass is 35.5. The maximum atomic E-state index is 6.25. The van der Waals surface area contributed by atoms with Gasteiger partial charge in [0.05, 0.1) is 28.9 Å². The van der Waals surface area contributed by atoms with E-state index in [1.807, 2.05) is 29.7 Å². The van der Waals surface area contributed by atoms with Crippen molar-refractivity contribution in [1.82, 2.24) is 29.7 Å². The molecule has 0 aliphatic carbocycles. The molecule has 0 unspecified atom stereocenters. The summed E-state index contributed by atoms with van der Waals surface area (Å²) in [5.41, 5.74) is 3.91. The highest BCUT2D eigenvalue weighted by molar-refractivity contribution is 6.33. The second kappa shape index (κ2) is 5.48. The molecule has 0 amide bonds. The quantitative estimate of drug-likeness (QED) is 0.628. The van der Waals surface area contributed by atoms with Gasteiger partial charge in [-0.25, -0.2) is 9.97 Å². The largest absolute Gasteiger partial charge is 0.323 e. The summed E-state index contributed by atoms with van der Waals surface area (Å²) in [5, 5.41) is 7.66. The predicted molar refractivity (Wildman–Crippen MR) is 88.2 cm³/mol. The monoisotopic (exact) mass is 324 g/mol. The number of fused-ring (bicyclic) bond motifs is 1. The van der Waals surface area contributed by atoms with Crippen LogP contribution in [0.5, 0.6) is 0 Å². The Hall–Kier alpha value is -2.73. The van der Waals surface area contributed by atoms with Gasteiger partial charge < -0.3 is 4.57 Å². The van der Waals surface area contributed by atoms with Gasteiger partial charge in [-0.15, -0.1) is 0 Å². The number of pyridine rings is 1. The second-order valence-electron chi connectivity index (χ2n) is 5.27. The Bertz CT molecular complexity index is 987. The number of nitrogens with zero attached hydrogens (tertiary/aromatic N) is 5. The van der Waals surface area contributed by atoms with Crippen LogP contribution in [0.3, 0.4) is 0 Å². The van der Waals surface area contributed by atoms with E-state index in [1.165, 1.54) is 0 Å². The van der Waals surface area contributed by atoms with Crippen LogP contribution in [-0.2, 0) is 6.54 Å². The van der Waals surface area contributed by atoms with E-state index in [4.69, 9.17) is 11.6 Å². The lowest BCUT2D eigenvalue weighted by Gasteiger charge is -2.06. The molecule has 4 rings (SSSR count). The maximum absolute atomic E-state index is 6.25. The van der Waals surface area contributed by atoms with Crippen LogP contribution in [0.25, 0.3) is 22.2 Å². The van der Waals surface area contributed by atoms with E-state index < -0.39 is 0 Å². The van der Waals surface area contributed by atoms with Gasteiger partial charge in [-0.05, 0) is 30.7 Å². The van der Waals surface area contributed by atoms with Crippen LogP contribution in [0.2, 0.25) is 5.02 Å². The van der Waals surface area contributed by atoms with Crippen molar-refractivity contribution in [2.75, 3.05) is 0 Å². The summed E-state index contributed by atoms with van der Waals surface area (Å²) in [6.45, 7) is 2.44. The molecule has 3 aromatic heterocycles. The Kier molecular flexibility index (Phi) is 3.31. The van der Waals surface area contributed by atoms with Gasteiger partial charge in [-0.1, -0.05) is 17.7 Å². The third-order valence-corrected chi connectivity index (χ3v) is 3.96. The number of hydrogen-bond acceptors (Lipinski definition) is 4. The average molecular weight is 325 g/mol. The van der Waals surface area contributed by atoms with Gasteiger partial charge in [0.15, 0.2) is 5.82 Å². The van der Waals surface area contributed by atoms with Crippen molar-refractivity contribution >= 4 is 22.6 Å². The fourth-order valence-corrected chi connectivity index (χ4v) is 2.80. The second-order valence-corrected chi connectivity index (χ2v) is 5.68. The summed E-state index contributed by atoms with van der Waals surface area (Å²) >= 11 is 6.25. The molecule has 23 heavy (non-hydrogen) atoms. The van der Waals surface area contributed by atoms with Gasteiger partial charge in [0.2, 0.25) is 0 Å². The minimum absolute atomic E-state index is 0.564. The van der Waals surface area contributed by atoms with Crippen LogP contribution >= 0.6 is 11.6 Å². The molecule has 0 atom stereocenters. The molecule has 1 N–H and O–H groups in total. The van der Waals surface area contributed by atoms with E-state index in [0.29, 0.717) is 11.6 Å². The number of aromatic amines is 1. The maximum Gasteiger partial charge on any atom is 0.170 e. The van der Waals surface area contributed by atoms with Crippen LogP contribution in [0.15, 0.2) is 43.0 Å². The summed E-state index contributed by atoms with van der Waals surface area (Å²) in [6.07, 6.45) is 5.18. The first-order valence-corrected chi connectivity index (χ1v) is 7.51. The summed E-state index contributed by atoms with van der Waals surface area (Å²) in [6, 6.07) is 7.98. The number of aromatic nitrogens is 6. The van der Waals surface area contributed by atoms with Crippen LogP contribution < -0.4 is 0 Å². The van der Waals surface area contributed by atoms with Crippen molar-refractivity contribution in [3.8, 4) is 11.1 Å². The number of nitrogens with one attached hydrogen (secondary N) is 1. The standard InChI is InChI=1S/C16H13ClN6/c1-10-20-16(22-21-10)8-23-9-19-14-3-2-11(6-15(14)23)12-4-5-18-7-13(12)17/h2-7,9H,8H2,1H3,(H,20,21,22). The van der Waals surface area contributed by atoms with Crippen molar-refractivity contribution in [1.29, 1.82) is 0 Å². The summed E-state index contributed by atoms with van der Waals surface area (Å²) < 4.78 is 2.02. The first-order chi connectivity index (χ1) is 11.2. The summed E-state index contributed by atoms with van der Waals surface area (Å²) in [7, 11) is 0. The van der Waals surface area contributed by atoms with Crippen molar-refractivity contribution in [2.24, 2.45) is 0 Å². The molecular weight excluding hydrogens is 312 g/mol. The topological polar surface area (TPSA) is 72.3 Å². The molecule has 3 heterocycles. The lowest BCUT2D eigenvalue weighted by molar-refractivity contribution is 0.768. The van der Waals surface area contributed by atoms with Gasteiger partial charge in [0.1, 0.15) is 5.82 Å². The van der Waals surface area contributed by atoms with Gasteiger partial charge in [-0.3, -0.25) is 10.1 Å². The normalized spacial score (nSPS) is 11.2. The van der Waals surface area contributed by atoms with Crippen molar-refractivity contribution in [3.05, 3.63) is 59.7 Å². The summed E-state index contributed by atoms with van der Waals surface area (Å²) in [4.78, 5) is 12.8. The number of aryl methyl sites for hydroxylation is 1. The molecule has 0 bridgehead atoms. The highest BCUT2D eigenvalue weighted by Gasteiger charge is 2.09. The molecule has 0 spiro atoms. The van der Waals surface area contributed by atoms with Crippen molar-refractivity contribution in [3.63, 3.8) is 0 Å². The number of benzene rings is 1. The molecular formula is C16H13ClN6. The average Bonchev–Trinajstić information content (AvgIpc) is 3.14. The fraction of sp³-hybridized carbons (Fsp3) is 0.125. The molecule has 0 saturated heterocycles. The first kappa shape index (κ1) is 13.9. The van der Waals surface area contributed by atoms with Crippen LogP contribution in [0.4, 0.5) is 0 Å². The third-order valence-electron chi connectivity index (χ3n) is 3.66. The number of halogens is 1. The van der Waals surface area contributed by atoms with E-state index >= 15 is 0 Å². The third kappa shape index (κ3) is 2.57. The molecule has 6 nitrogen and oxygen atoms in total. The zero-order valence-corrected chi connectivity index (χ0v) is 13.1. The van der Waals surface area contributed by atoms with E-state index in [2.05, 4.69) is 31.2 Å². The molecule has 1 aromatic carbocycles. The van der Waals surface area contributed by atoms with Crippen LogP contribution in [-0.4, -0.2) is 29.7 Å². The Morgan fingerprint density at radius 1 is 1.26 bits per heavy atom. The first-order valence-electron chi connectivity index (χ1n) is 7.13. The Balaban J connectivity index is 1.78. The lowest BCUT2D eigenvalue weighted by Crippen LogP contribution is -2.00. The minimum Gasteiger partial charge on any atom is -0.323 e. The molecule has 7 heteroatoms. The fourth-order valence-electron chi connectivity index (χ4n) is 2.57. The molecule has 0 radical (unpaired) electrons. The van der Waals surface area contributed by atoms with E-state index in [0.717, 1.165) is 33.8 Å². The minimum atomic E-state index is 0.564. The Morgan fingerprint density at radius 2 is 2.17 bits per heavy atom. The van der Waals surface area contributed by atoms with Gasteiger partial charge >= 0.3 is 0 Å². The van der Waals surface area contributed by atoms with Gasteiger partial charge in [0, 0.05) is 18.0 Å². The van der Waals surface area contributed by atoms with Crippen LogP contribution in [0.1, 0.15) is 11.6 Å². The number of hydrogen-bond donors (Lipinski definition) is 1. The predicted octanol–water partition coefficient (Wildman–Crippen LogP) is 3.23.